The van der Waals surface area contributed by atoms with Crippen LogP contribution in [0, 0.1) is 17.1 Å². The Morgan fingerprint density at radius 1 is 1.26 bits per heavy atom. The molecule has 1 aromatic heterocycles. The van der Waals surface area contributed by atoms with E-state index in [9.17, 15) is 9.18 Å². The maximum atomic E-state index is 13.5. The molecule has 35 heavy (non-hydrogen) atoms. The Labute approximate surface area is 208 Å². The first-order valence-electron chi connectivity index (χ1n) is 11.0. The summed E-state index contributed by atoms with van der Waals surface area (Å²) in [6, 6.07) is 9.83. The van der Waals surface area contributed by atoms with Crippen LogP contribution in [0.5, 0.6) is 5.75 Å². The summed E-state index contributed by atoms with van der Waals surface area (Å²) in [4.78, 5) is 23.1. The number of carbonyl (C=O) groups excluding carboxylic acids is 1. The summed E-state index contributed by atoms with van der Waals surface area (Å²) in [5.41, 5.74) is 1.59. The van der Waals surface area contributed by atoms with Crippen LogP contribution in [-0.2, 0) is 4.79 Å². The molecule has 3 aromatic rings. The molecule has 0 saturated heterocycles. The molecule has 0 radical (unpaired) electrons. The van der Waals surface area contributed by atoms with E-state index in [-0.39, 0.29) is 10.9 Å². The summed E-state index contributed by atoms with van der Waals surface area (Å²) in [6.45, 7) is 1.01. The number of benzene rings is 2. The van der Waals surface area contributed by atoms with Gasteiger partial charge in [-0.25, -0.2) is 14.4 Å². The second-order valence-corrected chi connectivity index (χ2v) is 8.37. The zero-order valence-electron chi connectivity index (χ0n) is 19.5. The van der Waals surface area contributed by atoms with E-state index in [4.69, 9.17) is 21.6 Å². The van der Waals surface area contributed by atoms with Gasteiger partial charge in [0.2, 0.25) is 5.91 Å². The molecule has 3 rings (SSSR count). The standard InChI is InChI=1S/C25H26ClFN6O2/c1-33(2)11-6-7-24(34)32-22-14-18-21(15-23(22)35-12-5-3-4-10-28)29-16-30-25(18)31-17-8-9-20(27)19(26)13-17/h6-9,13-16H,3-5,11-12H2,1-2H3,(H,32,34)(H,29,30,31). The fraction of sp³-hybridized carbons (Fsp3) is 0.280. The minimum absolute atomic E-state index is 0.0158. The Balaban J connectivity index is 1.92. The van der Waals surface area contributed by atoms with Gasteiger partial charge in [-0.1, -0.05) is 17.7 Å². The third-order valence-electron chi connectivity index (χ3n) is 4.86. The van der Waals surface area contributed by atoms with Crippen molar-refractivity contribution in [3.63, 3.8) is 0 Å². The Hall–Kier alpha value is -3.74. The van der Waals surface area contributed by atoms with Crippen molar-refractivity contribution in [3.05, 3.63) is 59.7 Å². The van der Waals surface area contributed by atoms with Crippen molar-refractivity contribution in [1.82, 2.24) is 14.9 Å². The summed E-state index contributed by atoms with van der Waals surface area (Å²) in [5.74, 6) is 0.0843. The molecule has 0 aliphatic rings. The topological polar surface area (TPSA) is 103 Å². The van der Waals surface area contributed by atoms with E-state index in [2.05, 4.69) is 26.7 Å². The molecule has 8 nitrogen and oxygen atoms in total. The van der Waals surface area contributed by atoms with Crippen LogP contribution in [0.25, 0.3) is 10.9 Å². The van der Waals surface area contributed by atoms with Crippen molar-refractivity contribution in [2.75, 3.05) is 37.9 Å². The van der Waals surface area contributed by atoms with Crippen molar-refractivity contribution in [3.8, 4) is 11.8 Å². The van der Waals surface area contributed by atoms with E-state index in [1.807, 2.05) is 19.0 Å². The van der Waals surface area contributed by atoms with Gasteiger partial charge in [0.05, 0.1) is 28.9 Å². The fourth-order valence-corrected chi connectivity index (χ4v) is 3.32. The highest BCUT2D eigenvalue weighted by atomic mass is 35.5. The Morgan fingerprint density at radius 3 is 2.83 bits per heavy atom. The monoisotopic (exact) mass is 496 g/mol. The molecule has 1 heterocycles. The zero-order chi connectivity index (χ0) is 25.2. The van der Waals surface area contributed by atoms with E-state index < -0.39 is 5.82 Å². The molecule has 10 heteroatoms. The summed E-state index contributed by atoms with van der Waals surface area (Å²) in [5, 5.41) is 15.3. The lowest BCUT2D eigenvalue weighted by molar-refractivity contribution is -0.111. The number of nitrogens with zero attached hydrogens (tertiary/aromatic N) is 4. The van der Waals surface area contributed by atoms with Gasteiger partial charge in [0, 0.05) is 36.2 Å². The molecule has 0 saturated carbocycles. The number of carbonyl (C=O) groups is 1. The first kappa shape index (κ1) is 25.9. The number of ether oxygens (including phenoxy) is 1. The van der Waals surface area contributed by atoms with E-state index in [0.717, 1.165) is 6.42 Å². The fourth-order valence-electron chi connectivity index (χ4n) is 3.14. The second kappa shape index (κ2) is 12.6. The number of hydrogen-bond acceptors (Lipinski definition) is 7. The maximum absolute atomic E-state index is 13.5. The Bertz CT molecular complexity index is 1260. The third kappa shape index (κ3) is 7.64. The smallest absolute Gasteiger partial charge is 0.248 e. The number of likely N-dealkylation sites (N-methyl/N-ethyl adjacent to an activating group) is 1. The van der Waals surface area contributed by atoms with Gasteiger partial charge in [0.15, 0.2) is 0 Å². The van der Waals surface area contributed by atoms with E-state index in [1.165, 1.54) is 24.5 Å². The molecule has 0 bridgehead atoms. The molecule has 0 atom stereocenters. The van der Waals surface area contributed by atoms with E-state index in [1.54, 1.807) is 24.3 Å². The van der Waals surface area contributed by atoms with Crippen LogP contribution >= 0.6 is 11.6 Å². The number of anilines is 3. The molecule has 0 unspecified atom stereocenters. The van der Waals surface area contributed by atoms with Crippen LogP contribution in [0.15, 0.2) is 48.8 Å². The lowest BCUT2D eigenvalue weighted by atomic mass is 10.1. The number of amides is 1. The molecule has 2 N–H and O–H groups in total. The number of aromatic nitrogens is 2. The SMILES string of the molecule is CN(C)CC=CC(=O)Nc1cc2c(Nc3ccc(F)c(Cl)c3)ncnc2cc1OCCCCC#N. The first-order valence-corrected chi connectivity index (χ1v) is 11.4. The zero-order valence-corrected chi connectivity index (χ0v) is 20.3. The molecular weight excluding hydrogens is 471 g/mol. The van der Waals surface area contributed by atoms with E-state index >= 15 is 0 Å². The van der Waals surface area contributed by atoms with Crippen molar-refractivity contribution in [1.29, 1.82) is 5.26 Å². The van der Waals surface area contributed by atoms with Crippen LogP contribution in [0.3, 0.4) is 0 Å². The lowest BCUT2D eigenvalue weighted by Crippen LogP contribution is -2.13. The molecule has 182 valence electrons. The molecule has 2 aromatic carbocycles. The van der Waals surface area contributed by atoms with Crippen molar-refractivity contribution in [2.45, 2.75) is 19.3 Å². The number of hydrogen-bond donors (Lipinski definition) is 2. The predicted molar refractivity (Wildman–Crippen MR) is 136 cm³/mol. The van der Waals surface area contributed by atoms with Crippen LogP contribution in [0.2, 0.25) is 5.02 Å². The van der Waals surface area contributed by atoms with Crippen molar-refractivity contribution >= 4 is 45.6 Å². The van der Waals surface area contributed by atoms with Crippen LogP contribution in [0.1, 0.15) is 19.3 Å². The van der Waals surface area contributed by atoms with Crippen LogP contribution in [0.4, 0.5) is 21.6 Å². The number of unbranched alkanes of at least 4 members (excludes halogenated alkanes) is 2. The van der Waals surface area contributed by atoms with Gasteiger partial charge in [-0.3, -0.25) is 4.79 Å². The van der Waals surface area contributed by atoms with Crippen LogP contribution in [-0.4, -0.2) is 48.0 Å². The van der Waals surface area contributed by atoms with Crippen molar-refractivity contribution < 1.29 is 13.9 Å². The lowest BCUT2D eigenvalue weighted by Gasteiger charge is -2.15. The van der Waals surface area contributed by atoms with Gasteiger partial charge < -0.3 is 20.3 Å². The number of halogens is 2. The Kier molecular flexibility index (Phi) is 9.35. The predicted octanol–water partition coefficient (Wildman–Crippen LogP) is 5.29. The largest absolute Gasteiger partial charge is 0.491 e. The normalized spacial score (nSPS) is 11.1. The highest BCUT2D eigenvalue weighted by molar-refractivity contribution is 6.31. The average molecular weight is 497 g/mol. The summed E-state index contributed by atoms with van der Waals surface area (Å²) < 4.78 is 19.5. The first-order chi connectivity index (χ1) is 16.9. The summed E-state index contributed by atoms with van der Waals surface area (Å²) >= 11 is 5.90. The number of rotatable bonds is 11. The molecule has 0 spiro atoms. The molecule has 0 aliphatic carbocycles. The molecular formula is C25H26ClFN6O2. The van der Waals surface area contributed by atoms with Crippen molar-refractivity contribution in [2.24, 2.45) is 0 Å². The van der Waals surface area contributed by atoms with Gasteiger partial charge in [-0.05, 0) is 51.2 Å². The maximum Gasteiger partial charge on any atom is 0.248 e. The number of nitriles is 1. The highest BCUT2D eigenvalue weighted by Gasteiger charge is 2.13. The summed E-state index contributed by atoms with van der Waals surface area (Å²) in [6.07, 6.45) is 6.49. The second-order valence-electron chi connectivity index (χ2n) is 7.96. The average Bonchev–Trinajstić information content (AvgIpc) is 2.81. The van der Waals surface area contributed by atoms with Gasteiger partial charge >= 0.3 is 0 Å². The molecule has 0 fully saturated rings. The van der Waals surface area contributed by atoms with Gasteiger partial charge in [0.1, 0.15) is 23.7 Å². The minimum atomic E-state index is -0.520. The number of nitrogens with one attached hydrogen (secondary N) is 2. The van der Waals surface area contributed by atoms with Gasteiger partial charge in [-0.2, -0.15) is 5.26 Å². The minimum Gasteiger partial charge on any atom is -0.491 e. The number of fused-ring (bicyclic) bond motifs is 1. The van der Waals surface area contributed by atoms with Gasteiger partial charge in [-0.15, -0.1) is 0 Å². The quantitative estimate of drug-likeness (QED) is 0.274. The third-order valence-corrected chi connectivity index (χ3v) is 5.15. The van der Waals surface area contributed by atoms with Crippen LogP contribution < -0.4 is 15.4 Å². The molecule has 1 amide bonds. The highest BCUT2D eigenvalue weighted by Crippen LogP contribution is 2.34. The summed E-state index contributed by atoms with van der Waals surface area (Å²) in [7, 11) is 3.82. The van der Waals surface area contributed by atoms with E-state index in [0.29, 0.717) is 59.8 Å². The Morgan fingerprint density at radius 2 is 2.09 bits per heavy atom. The van der Waals surface area contributed by atoms with Gasteiger partial charge in [0.25, 0.3) is 0 Å². The molecule has 0 aliphatic heterocycles.